The first kappa shape index (κ1) is 25.4. The highest BCUT2D eigenvalue weighted by Crippen LogP contribution is 2.36. The van der Waals surface area contributed by atoms with E-state index in [-0.39, 0.29) is 13.2 Å². The molecule has 1 N–H and O–H groups in total. The van der Waals surface area contributed by atoms with Gasteiger partial charge in [-0.1, -0.05) is 38.1 Å². The molecule has 7 heteroatoms. The lowest BCUT2D eigenvalue weighted by Gasteiger charge is -2.18. The third-order valence-electron chi connectivity index (χ3n) is 6.16. The zero-order valence-electron chi connectivity index (χ0n) is 21.5. The third kappa shape index (κ3) is 5.57. The number of ether oxygens (including phenoxy) is 4. The van der Waals surface area contributed by atoms with E-state index in [1.807, 2.05) is 41.0 Å². The van der Waals surface area contributed by atoms with Crippen molar-refractivity contribution in [1.29, 1.82) is 0 Å². The Bertz CT molecular complexity index is 1290. The normalized spacial score (nSPS) is 12.1. The smallest absolute Gasteiger partial charge is 0.203 e. The number of aliphatic hydroxyl groups is 1. The summed E-state index contributed by atoms with van der Waals surface area (Å²) in [6.07, 6.45) is -0.802. The van der Waals surface area contributed by atoms with E-state index in [1.54, 1.807) is 26.4 Å². The number of fused-ring (bicyclic) bond motifs is 1. The number of nitrogens with zero attached hydrogens (tertiary/aromatic N) is 2. The number of aliphatic hydroxyl groups excluding tert-OH is 1. The van der Waals surface area contributed by atoms with Crippen LogP contribution in [0.4, 0.5) is 0 Å². The molecule has 0 aliphatic heterocycles. The average molecular weight is 491 g/mol. The number of aryl methyl sites for hydroxylation is 1. The number of hydrogen-bond donors (Lipinski definition) is 1. The Morgan fingerprint density at radius 3 is 2.31 bits per heavy atom. The maximum Gasteiger partial charge on any atom is 0.203 e. The molecule has 4 aromatic rings. The predicted molar refractivity (Wildman–Crippen MR) is 140 cm³/mol. The summed E-state index contributed by atoms with van der Waals surface area (Å²) in [5.74, 6) is 3.53. The zero-order chi connectivity index (χ0) is 25.7. The van der Waals surface area contributed by atoms with Crippen molar-refractivity contribution in [3.8, 4) is 23.0 Å². The first-order valence-corrected chi connectivity index (χ1v) is 12.1. The molecular formula is C29H34N2O5. The van der Waals surface area contributed by atoms with Gasteiger partial charge in [0.05, 0.1) is 31.8 Å². The number of hydrogen-bond acceptors (Lipinski definition) is 6. The van der Waals surface area contributed by atoms with Crippen LogP contribution in [0, 0.1) is 6.92 Å². The maximum atomic E-state index is 10.9. The Labute approximate surface area is 212 Å². The van der Waals surface area contributed by atoms with Gasteiger partial charge in [0.15, 0.2) is 11.5 Å². The molecule has 1 atom stereocenters. The fraction of sp³-hybridized carbons (Fsp3) is 0.345. The summed E-state index contributed by atoms with van der Waals surface area (Å²) in [5.41, 5.74) is 4.29. The summed E-state index contributed by atoms with van der Waals surface area (Å²) in [6, 6.07) is 19.4. The summed E-state index contributed by atoms with van der Waals surface area (Å²) < 4.78 is 24.8. The van der Waals surface area contributed by atoms with Crippen LogP contribution < -0.4 is 18.9 Å². The molecule has 0 fully saturated rings. The molecule has 1 unspecified atom stereocenters. The van der Waals surface area contributed by atoms with Crippen LogP contribution in [0.1, 0.15) is 36.7 Å². The highest BCUT2D eigenvalue weighted by molar-refractivity contribution is 5.75. The molecule has 0 aliphatic rings. The molecule has 0 saturated heterocycles. The van der Waals surface area contributed by atoms with Gasteiger partial charge in [-0.15, -0.1) is 0 Å². The van der Waals surface area contributed by atoms with Gasteiger partial charge in [-0.3, -0.25) is 0 Å². The topological polar surface area (TPSA) is 75.0 Å². The molecule has 4 rings (SSSR count). The minimum atomic E-state index is -0.802. The Balaban J connectivity index is 1.51. The van der Waals surface area contributed by atoms with E-state index in [4.69, 9.17) is 23.9 Å². The van der Waals surface area contributed by atoms with E-state index in [2.05, 4.69) is 32.9 Å². The molecule has 0 radical (unpaired) electrons. The van der Waals surface area contributed by atoms with Crippen molar-refractivity contribution in [1.82, 2.24) is 9.55 Å². The Hall–Kier alpha value is -3.71. The summed E-state index contributed by atoms with van der Waals surface area (Å²) in [7, 11) is 3.14. The SMILES string of the molecule is COc1cccc(OC)c1OCC(O)Cn1c(COc2ccc(C(C)C)c(C)c2)nc2ccccc21. The largest absolute Gasteiger partial charge is 0.493 e. The third-order valence-corrected chi connectivity index (χ3v) is 6.16. The van der Waals surface area contributed by atoms with Crippen LogP contribution in [0.15, 0.2) is 60.7 Å². The fourth-order valence-corrected chi connectivity index (χ4v) is 4.38. The van der Waals surface area contributed by atoms with Gasteiger partial charge in [-0.2, -0.15) is 0 Å². The summed E-state index contributed by atoms with van der Waals surface area (Å²) in [4.78, 5) is 4.77. The van der Waals surface area contributed by atoms with E-state index >= 15 is 0 Å². The first-order valence-electron chi connectivity index (χ1n) is 12.1. The molecule has 0 amide bonds. The maximum absolute atomic E-state index is 10.9. The van der Waals surface area contributed by atoms with Gasteiger partial charge in [0, 0.05) is 0 Å². The standard InChI is InChI=1S/C29H34N2O5/c1-19(2)23-14-13-22(15-20(23)3)35-18-28-30-24-9-6-7-10-25(24)31(28)16-21(32)17-36-29-26(33-4)11-8-12-27(29)34-5/h6-15,19,21,32H,16-18H2,1-5H3. The lowest BCUT2D eigenvalue weighted by atomic mass is 9.98. The van der Waals surface area contributed by atoms with E-state index < -0.39 is 6.10 Å². The van der Waals surface area contributed by atoms with Gasteiger partial charge in [-0.25, -0.2) is 4.98 Å². The molecule has 3 aromatic carbocycles. The van der Waals surface area contributed by atoms with Gasteiger partial charge < -0.3 is 28.6 Å². The average Bonchev–Trinajstić information content (AvgIpc) is 3.22. The van der Waals surface area contributed by atoms with Crippen molar-refractivity contribution in [3.63, 3.8) is 0 Å². The van der Waals surface area contributed by atoms with Crippen molar-refractivity contribution in [2.75, 3.05) is 20.8 Å². The van der Waals surface area contributed by atoms with Gasteiger partial charge in [-0.05, 0) is 60.4 Å². The fourth-order valence-electron chi connectivity index (χ4n) is 4.38. The van der Waals surface area contributed by atoms with Gasteiger partial charge in [0.2, 0.25) is 5.75 Å². The van der Waals surface area contributed by atoms with Crippen LogP contribution in [0.2, 0.25) is 0 Å². The van der Waals surface area contributed by atoms with Crippen LogP contribution in [0.25, 0.3) is 11.0 Å². The molecule has 0 aliphatic carbocycles. The van der Waals surface area contributed by atoms with Gasteiger partial charge in [0.1, 0.15) is 30.9 Å². The molecule has 36 heavy (non-hydrogen) atoms. The molecule has 0 bridgehead atoms. The van der Waals surface area contributed by atoms with Crippen LogP contribution in [-0.2, 0) is 13.2 Å². The Morgan fingerprint density at radius 2 is 1.64 bits per heavy atom. The second kappa shape index (κ2) is 11.4. The molecule has 0 saturated carbocycles. The lowest BCUT2D eigenvalue weighted by molar-refractivity contribution is 0.0887. The van der Waals surface area contributed by atoms with Gasteiger partial charge in [0.25, 0.3) is 0 Å². The second-order valence-electron chi connectivity index (χ2n) is 9.05. The number of para-hydroxylation sites is 3. The van der Waals surface area contributed by atoms with Crippen molar-refractivity contribution in [2.24, 2.45) is 0 Å². The molecule has 1 aromatic heterocycles. The number of aromatic nitrogens is 2. The second-order valence-corrected chi connectivity index (χ2v) is 9.05. The number of benzene rings is 3. The quantitative estimate of drug-likeness (QED) is 0.299. The number of methoxy groups -OCH3 is 2. The Kier molecular flexibility index (Phi) is 8.00. The molecule has 190 valence electrons. The number of imidazole rings is 1. The van der Waals surface area contributed by atoms with Crippen molar-refractivity contribution >= 4 is 11.0 Å². The van der Waals surface area contributed by atoms with E-state index in [0.29, 0.717) is 29.7 Å². The van der Waals surface area contributed by atoms with Crippen molar-refractivity contribution in [3.05, 3.63) is 77.6 Å². The summed E-state index contributed by atoms with van der Waals surface area (Å²) >= 11 is 0. The Morgan fingerprint density at radius 1 is 0.917 bits per heavy atom. The van der Waals surface area contributed by atoms with Crippen LogP contribution in [0.3, 0.4) is 0 Å². The van der Waals surface area contributed by atoms with Crippen LogP contribution in [-0.4, -0.2) is 41.6 Å². The van der Waals surface area contributed by atoms with E-state index in [0.717, 1.165) is 22.6 Å². The lowest BCUT2D eigenvalue weighted by Crippen LogP contribution is -2.25. The monoisotopic (exact) mass is 490 g/mol. The van der Waals surface area contributed by atoms with E-state index in [1.165, 1.54) is 11.1 Å². The highest BCUT2D eigenvalue weighted by Gasteiger charge is 2.18. The molecule has 0 spiro atoms. The zero-order valence-corrected chi connectivity index (χ0v) is 21.5. The summed E-state index contributed by atoms with van der Waals surface area (Å²) in [6.45, 7) is 7.10. The number of rotatable bonds is 11. The van der Waals surface area contributed by atoms with Crippen LogP contribution >= 0.6 is 0 Å². The van der Waals surface area contributed by atoms with Crippen LogP contribution in [0.5, 0.6) is 23.0 Å². The molecule has 1 heterocycles. The highest BCUT2D eigenvalue weighted by atomic mass is 16.5. The predicted octanol–water partition coefficient (Wildman–Crippen LogP) is 5.50. The first-order chi connectivity index (χ1) is 17.4. The molecule has 7 nitrogen and oxygen atoms in total. The minimum absolute atomic E-state index is 0.0550. The van der Waals surface area contributed by atoms with Crippen molar-refractivity contribution in [2.45, 2.75) is 45.9 Å². The van der Waals surface area contributed by atoms with Gasteiger partial charge >= 0.3 is 0 Å². The summed E-state index contributed by atoms with van der Waals surface area (Å²) in [5, 5.41) is 10.9. The van der Waals surface area contributed by atoms with E-state index in [9.17, 15) is 5.11 Å². The minimum Gasteiger partial charge on any atom is -0.493 e. The van der Waals surface area contributed by atoms with Crippen molar-refractivity contribution < 1.29 is 24.1 Å². The molecular weight excluding hydrogens is 456 g/mol.